The molecule has 0 saturated carbocycles. The number of esters is 1. The lowest BCUT2D eigenvalue weighted by molar-refractivity contribution is 0.0588. The number of methoxy groups -OCH3 is 1. The SMILES string of the molecule is C#CCCCn1c(C(=O)OC)cnc1C. The van der Waals surface area contributed by atoms with Crippen molar-refractivity contribution in [2.75, 3.05) is 7.11 Å². The molecule has 0 bridgehead atoms. The second-order valence-electron chi connectivity index (χ2n) is 3.14. The summed E-state index contributed by atoms with van der Waals surface area (Å²) in [5, 5.41) is 0. The van der Waals surface area contributed by atoms with Gasteiger partial charge in [-0.2, -0.15) is 0 Å². The highest BCUT2D eigenvalue weighted by Crippen LogP contribution is 2.08. The van der Waals surface area contributed by atoms with Crippen molar-refractivity contribution in [1.82, 2.24) is 9.55 Å². The first-order valence-corrected chi connectivity index (χ1v) is 4.74. The van der Waals surface area contributed by atoms with Crippen LogP contribution in [-0.4, -0.2) is 22.6 Å². The number of terminal acetylenes is 1. The lowest BCUT2D eigenvalue weighted by Crippen LogP contribution is -2.11. The Morgan fingerprint density at radius 3 is 3.07 bits per heavy atom. The summed E-state index contributed by atoms with van der Waals surface area (Å²) in [6, 6.07) is 0. The van der Waals surface area contributed by atoms with E-state index in [1.165, 1.54) is 13.3 Å². The van der Waals surface area contributed by atoms with Crippen molar-refractivity contribution in [2.24, 2.45) is 0 Å². The van der Waals surface area contributed by atoms with Gasteiger partial charge in [0.1, 0.15) is 11.5 Å². The summed E-state index contributed by atoms with van der Waals surface area (Å²) < 4.78 is 6.48. The molecular formula is C11H14N2O2. The molecule has 0 aromatic carbocycles. The molecule has 0 unspecified atom stereocenters. The van der Waals surface area contributed by atoms with Gasteiger partial charge in [0, 0.05) is 13.0 Å². The van der Waals surface area contributed by atoms with Crippen LogP contribution < -0.4 is 0 Å². The molecule has 0 aliphatic carbocycles. The van der Waals surface area contributed by atoms with Gasteiger partial charge in [0.15, 0.2) is 0 Å². The number of rotatable bonds is 4. The predicted octanol–water partition coefficient (Wildman–Crippen LogP) is 1.39. The van der Waals surface area contributed by atoms with E-state index in [2.05, 4.69) is 15.6 Å². The molecule has 0 radical (unpaired) electrons. The summed E-state index contributed by atoms with van der Waals surface area (Å²) in [6.45, 7) is 2.54. The van der Waals surface area contributed by atoms with E-state index < -0.39 is 0 Å². The lowest BCUT2D eigenvalue weighted by atomic mass is 10.3. The topological polar surface area (TPSA) is 44.1 Å². The third kappa shape index (κ3) is 2.59. The summed E-state index contributed by atoms with van der Waals surface area (Å²) in [7, 11) is 1.36. The van der Waals surface area contributed by atoms with Gasteiger partial charge < -0.3 is 9.30 Å². The zero-order valence-corrected chi connectivity index (χ0v) is 8.99. The molecule has 0 spiro atoms. The van der Waals surface area contributed by atoms with Crippen molar-refractivity contribution in [2.45, 2.75) is 26.3 Å². The zero-order valence-electron chi connectivity index (χ0n) is 8.99. The van der Waals surface area contributed by atoms with Crippen molar-refractivity contribution >= 4 is 5.97 Å². The van der Waals surface area contributed by atoms with Crippen LogP contribution in [-0.2, 0) is 11.3 Å². The number of carbonyl (C=O) groups is 1. The zero-order chi connectivity index (χ0) is 11.3. The Hall–Kier alpha value is -1.76. The maximum Gasteiger partial charge on any atom is 0.356 e. The summed E-state index contributed by atoms with van der Waals surface area (Å²) in [6.07, 6.45) is 8.21. The predicted molar refractivity (Wildman–Crippen MR) is 56.4 cm³/mol. The van der Waals surface area contributed by atoms with Gasteiger partial charge in [0.25, 0.3) is 0 Å². The summed E-state index contributed by atoms with van der Waals surface area (Å²) in [5.41, 5.74) is 0.479. The number of aromatic nitrogens is 2. The molecular weight excluding hydrogens is 192 g/mol. The molecule has 4 heteroatoms. The molecule has 0 aliphatic rings. The summed E-state index contributed by atoms with van der Waals surface area (Å²) in [4.78, 5) is 15.4. The fourth-order valence-electron chi connectivity index (χ4n) is 1.36. The minimum atomic E-state index is -0.365. The van der Waals surface area contributed by atoms with Gasteiger partial charge in [-0.3, -0.25) is 0 Å². The average molecular weight is 206 g/mol. The Kier molecular flexibility index (Phi) is 3.92. The first kappa shape index (κ1) is 11.3. The van der Waals surface area contributed by atoms with E-state index in [4.69, 9.17) is 6.42 Å². The van der Waals surface area contributed by atoms with E-state index in [0.717, 1.165) is 12.2 Å². The second kappa shape index (κ2) is 5.20. The Balaban J connectivity index is 2.80. The Morgan fingerprint density at radius 1 is 1.73 bits per heavy atom. The maximum atomic E-state index is 11.4. The van der Waals surface area contributed by atoms with Gasteiger partial charge in [0.05, 0.1) is 13.3 Å². The lowest BCUT2D eigenvalue weighted by Gasteiger charge is -2.07. The van der Waals surface area contributed by atoms with Gasteiger partial charge in [-0.1, -0.05) is 0 Å². The third-order valence-electron chi connectivity index (χ3n) is 2.15. The highest BCUT2D eigenvalue weighted by Gasteiger charge is 2.13. The van der Waals surface area contributed by atoms with Crippen molar-refractivity contribution in [1.29, 1.82) is 0 Å². The number of hydrogen-bond donors (Lipinski definition) is 0. The van der Waals surface area contributed by atoms with Crippen LogP contribution >= 0.6 is 0 Å². The molecule has 1 aromatic rings. The molecule has 15 heavy (non-hydrogen) atoms. The van der Waals surface area contributed by atoms with Crippen LogP contribution in [0.2, 0.25) is 0 Å². The largest absolute Gasteiger partial charge is 0.464 e. The molecule has 0 N–H and O–H groups in total. The van der Waals surface area contributed by atoms with Gasteiger partial charge in [-0.15, -0.1) is 12.3 Å². The highest BCUT2D eigenvalue weighted by molar-refractivity contribution is 5.87. The van der Waals surface area contributed by atoms with Crippen LogP contribution in [0.3, 0.4) is 0 Å². The second-order valence-corrected chi connectivity index (χ2v) is 3.14. The van der Waals surface area contributed by atoms with E-state index in [1.807, 2.05) is 11.5 Å². The van der Waals surface area contributed by atoms with Gasteiger partial charge >= 0.3 is 5.97 Å². The Bertz CT molecular complexity index is 388. The monoisotopic (exact) mass is 206 g/mol. The van der Waals surface area contributed by atoms with Crippen LogP contribution in [0.15, 0.2) is 6.20 Å². The third-order valence-corrected chi connectivity index (χ3v) is 2.15. The van der Waals surface area contributed by atoms with Crippen LogP contribution in [0, 0.1) is 19.3 Å². The fourth-order valence-corrected chi connectivity index (χ4v) is 1.36. The van der Waals surface area contributed by atoms with Crippen LogP contribution in [0.5, 0.6) is 0 Å². The van der Waals surface area contributed by atoms with Crippen molar-refractivity contribution in [3.8, 4) is 12.3 Å². The van der Waals surface area contributed by atoms with Crippen LogP contribution in [0.4, 0.5) is 0 Å². The Labute approximate surface area is 89.3 Å². The first-order valence-electron chi connectivity index (χ1n) is 4.74. The van der Waals surface area contributed by atoms with Crippen LogP contribution in [0.1, 0.15) is 29.2 Å². The molecule has 4 nitrogen and oxygen atoms in total. The van der Waals surface area contributed by atoms with Crippen molar-refractivity contribution in [3.63, 3.8) is 0 Å². The smallest absolute Gasteiger partial charge is 0.356 e. The van der Waals surface area contributed by atoms with E-state index in [-0.39, 0.29) is 5.97 Å². The molecule has 80 valence electrons. The number of aryl methyl sites for hydroxylation is 1. The van der Waals surface area contributed by atoms with E-state index >= 15 is 0 Å². The number of hydrogen-bond acceptors (Lipinski definition) is 3. The highest BCUT2D eigenvalue weighted by atomic mass is 16.5. The van der Waals surface area contributed by atoms with E-state index in [1.54, 1.807) is 0 Å². The summed E-state index contributed by atoms with van der Waals surface area (Å²) >= 11 is 0. The summed E-state index contributed by atoms with van der Waals surface area (Å²) in [5.74, 6) is 3.00. The number of nitrogens with zero attached hydrogens (tertiary/aromatic N) is 2. The van der Waals surface area contributed by atoms with E-state index in [9.17, 15) is 4.79 Å². The van der Waals surface area contributed by atoms with Crippen LogP contribution in [0.25, 0.3) is 0 Å². The fraction of sp³-hybridized carbons (Fsp3) is 0.455. The number of imidazole rings is 1. The molecule has 1 rings (SSSR count). The number of carbonyl (C=O) groups excluding carboxylic acids is 1. The van der Waals surface area contributed by atoms with Crippen molar-refractivity contribution < 1.29 is 9.53 Å². The quantitative estimate of drug-likeness (QED) is 0.425. The molecule has 0 fully saturated rings. The van der Waals surface area contributed by atoms with E-state index in [0.29, 0.717) is 18.7 Å². The molecule has 0 amide bonds. The molecule has 0 saturated heterocycles. The standard InChI is InChI=1S/C11H14N2O2/c1-4-5-6-7-13-9(2)12-8-10(13)11(14)15-3/h1,8H,5-7H2,2-3H3. The number of unbranched alkanes of at least 4 members (excludes halogenated alkanes) is 1. The minimum absolute atomic E-state index is 0.365. The first-order chi connectivity index (χ1) is 7.20. The normalized spacial score (nSPS) is 9.67. The molecule has 0 aliphatic heterocycles. The molecule has 1 heterocycles. The maximum absolute atomic E-state index is 11.4. The number of ether oxygens (including phenoxy) is 1. The minimum Gasteiger partial charge on any atom is -0.464 e. The van der Waals surface area contributed by atoms with Crippen molar-refractivity contribution in [3.05, 3.63) is 17.7 Å². The van der Waals surface area contributed by atoms with Gasteiger partial charge in [0.2, 0.25) is 0 Å². The molecule has 1 aromatic heterocycles. The molecule has 0 atom stereocenters. The average Bonchev–Trinajstić information content (AvgIpc) is 2.60. The Morgan fingerprint density at radius 2 is 2.47 bits per heavy atom. The van der Waals surface area contributed by atoms with Gasteiger partial charge in [-0.05, 0) is 13.3 Å². The van der Waals surface area contributed by atoms with Gasteiger partial charge in [-0.25, -0.2) is 9.78 Å².